The number of carbonyl (C=O) groups excluding carboxylic acids is 2. The van der Waals surface area contributed by atoms with Gasteiger partial charge in [-0.1, -0.05) is 13.8 Å². The van der Waals surface area contributed by atoms with Crippen molar-refractivity contribution in [3.8, 4) is 17.0 Å². The maximum atomic E-state index is 13.5. The minimum absolute atomic E-state index is 0.00807. The third-order valence-corrected chi connectivity index (χ3v) is 4.90. The van der Waals surface area contributed by atoms with E-state index in [4.69, 9.17) is 0 Å². The maximum absolute atomic E-state index is 13.5. The zero-order valence-corrected chi connectivity index (χ0v) is 19.3. The van der Waals surface area contributed by atoms with Gasteiger partial charge in [-0.15, -0.1) is 13.2 Å². The first-order valence-electron chi connectivity index (χ1n) is 10.6. The summed E-state index contributed by atoms with van der Waals surface area (Å²) >= 11 is 0. The zero-order chi connectivity index (χ0) is 26.6. The second-order valence-corrected chi connectivity index (χ2v) is 8.03. The van der Waals surface area contributed by atoms with Gasteiger partial charge in [0.25, 0.3) is 12.3 Å². The maximum Gasteiger partial charge on any atom is 0.573 e. The molecule has 0 atom stereocenters. The van der Waals surface area contributed by atoms with Gasteiger partial charge < -0.3 is 15.0 Å². The molecule has 0 aliphatic heterocycles. The molecule has 36 heavy (non-hydrogen) atoms. The van der Waals surface area contributed by atoms with Crippen LogP contribution in [0.4, 0.5) is 27.9 Å². The van der Waals surface area contributed by atoms with Crippen LogP contribution >= 0.6 is 0 Å². The lowest BCUT2D eigenvalue weighted by Gasteiger charge is -2.11. The number of aryl methyl sites for hydroxylation is 1. The van der Waals surface area contributed by atoms with Crippen molar-refractivity contribution in [3.63, 3.8) is 0 Å². The van der Waals surface area contributed by atoms with Crippen LogP contribution in [-0.2, 0) is 11.3 Å². The third kappa shape index (κ3) is 6.77. The van der Waals surface area contributed by atoms with E-state index >= 15 is 0 Å². The Morgan fingerprint density at radius 3 is 2.39 bits per heavy atom. The average Bonchev–Trinajstić information content (AvgIpc) is 3.16. The topological polar surface area (TPSA) is 109 Å². The van der Waals surface area contributed by atoms with Gasteiger partial charge in [0.2, 0.25) is 11.9 Å². The van der Waals surface area contributed by atoms with E-state index in [1.807, 2.05) is 0 Å². The predicted octanol–water partition coefficient (Wildman–Crippen LogP) is 5.14. The molecule has 3 N–H and O–H groups in total. The fourth-order valence-electron chi connectivity index (χ4n) is 3.15. The van der Waals surface area contributed by atoms with Gasteiger partial charge in [-0.3, -0.25) is 19.9 Å². The van der Waals surface area contributed by atoms with Gasteiger partial charge in [0, 0.05) is 29.9 Å². The highest BCUT2D eigenvalue weighted by Crippen LogP contribution is 2.28. The molecule has 0 aliphatic rings. The number of benzene rings is 1. The number of ether oxygens (including phenoxy) is 1. The summed E-state index contributed by atoms with van der Waals surface area (Å²) in [5.41, 5.74) is 0.418. The second kappa shape index (κ2) is 10.7. The summed E-state index contributed by atoms with van der Waals surface area (Å²) in [5, 5.41) is 5.02. The standard InChI is InChI=1S/C23H22F5N5O3/c1-11(2)20(34)30-10-13-8-16(18(19(24)25)29-9-13)21(35)33-22-31-12(3)17(32-22)14-4-6-15(7-5-14)36-23(26,27)28/h4-9,11,19H,10H2,1-3H3,(H,30,34)(H2,31,32,33,35). The van der Waals surface area contributed by atoms with Gasteiger partial charge in [-0.2, -0.15) is 0 Å². The number of H-pyrrole nitrogens is 1. The van der Waals surface area contributed by atoms with Crippen LogP contribution in [0.15, 0.2) is 36.5 Å². The molecule has 0 spiro atoms. The molecule has 192 valence electrons. The van der Waals surface area contributed by atoms with Crippen molar-refractivity contribution < 1.29 is 36.3 Å². The van der Waals surface area contributed by atoms with Crippen LogP contribution in [0.2, 0.25) is 0 Å². The molecule has 0 bridgehead atoms. The highest BCUT2D eigenvalue weighted by atomic mass is 19.4. The molecule has 0 radical (unpaired) electrons. The zero-order valence-electron chi connectivity index (χ0n) is 19.3. The molecule has 2 amide bonds. The third-order valence-electron chi connectivity index (χ3n) is 4.90. The molecular formula is C23H22F5N5O3. The number of nitrogens with zero attached hydrogens (tertiary/aromatic N) is 2. The van der Waals surface area contributed by atoms with Crippen LogP contribution in [0, 0.1) is 12.8 Å². The van der Waals surface area contributed by atoms with E-state index in [0.29, 0.717) is 22.5 Å². The van der Waals surface area contributed by atoms with Crippen molar-refractivity contribution >= 4 is 17.8 Å². The van der Waals surface area contributed by atoms with Crippen LogP contribution in [0.5, 0.6) is 5.75 Å². The monoisotopic (exact) mass is 511 g/mol. The number of amides is 2. The Hall–Kier alpha value is -4.03. The molecule has 0 aliphatic carbocycles. The number of aromatic nitrogens is 3. The van der Waals surface area contributed by atoms with Crippen molar-refractivity contribution in [1.82, 2.24) is 20.3 Å². The number of imidazole rings is 1. The lowest BCUT2D eigenvalue weighted by molar-refractivity contribution is -0.274. The summed E-state index contributed by atoms with van der Waals surface area (Å²) in [4.78, 5) is 35.3. The number of hydrogen-bond acceptors (Lipinski definition) is 5. The summed E-state index contributed by atoms with van der Waals surface area (Å²) in [5.74, 6) is -1.93. The molecule has 0 saturated heterocycles. The molecule has 3 aromatic rings. The Bertz CT molecular complexity index is 1240. The van der Waals surface area contributed by atoms with Gasteiger partial charge in [0.05, 0.1) is 11.3 Å². The van der Waals surface area contributed by atoms with E-state index in [-0.39, 0.29) is 24.3 Å². The number of pyridine rings is 1. The largest absolute Gasteiger partial charge is 0.573 e. The Morgan fingerprint density at radius 1 is 1.14 bits per heavy atom. The van der Waals surface area contributed by atoms with Gasteiger partial charge in [-0.05, 0) is 42.8 Å². The van der Waals surface area contributed by atoms with Crippen LogP contribution in [0.3, 0.4) is 0 Å². The number of hydrogen-bond donors (Lipinski definition) is 3. The van der Waals surface area contributed by atoms with Crippen LogP contribution < -0.4 is 15.4 Å². The predicted molar refractivity (Wildman–Crippen MR) is 119 cm³/mol. The summed E-state index contributed by atoms with van der Waals surface area (Å²) in [6, 6.07) is 6.13. The first kappa shape index (κ1) is 26.6. The highest BCUT2D eigenvalue weighted by Gasteiger charge is 2.31. The molecule has 8 nitrogen and oxygen atoms in total. The van der Waals surface area contributed by atoms with E-state index < -0.39 is 35.7 Å². The van der Waals surface area contributed by atoms with Gasteiger partial charge in [-0.25, -0.2) is 13.8 Å². The Labute approximate surface area is 202 Å². The van der Waals surface area contributed by atoms with Crippen molar-refractivity contribution in [2.24, 2.45) is 5.92 Å². The number of aromatic amines is 1. The second-order valence-electron chi connectivity index (χ2n) is 8.03. The number of nitrogens with one attached hydrogen (secondary N) is 3. The Balaban J connectivity index is 1.80. The first-order valence-corrected chi connectivity index (χ1v) is 10.6. The van der Waals surface area contributed by atoms with E-state index in [0.717, 1.165) is 18.3 Å². The van der Waals surface area contributed by atoms with E-state index in [2.05, 4.69) is 30.3 Å². The molecule has 0 unspecified atom stereocenters. The Kier molecular flexibility index (Phi) is 7.90. The smallest absolute Gasteiger partial charge is 0.406 e. The van der Waals surface area contributed by atoms with Crippen molar-refractivity contribution in [2.75, 3.05) is 5.32 Å². The first-order chi connectivity index (χ1) is 16.8. The molecule has 2 aromatic heterocycles. The highest BCUT2D eigenvalue weighted by molar-refractivity contribution is 6.04. The van der Waals surface area contributed by atoms with Crippen molar-refractivity contribution in [3.05, 3.63) is 59.0 Å². The van der Waals surface area contributed by atoms with Crippen molar-refractivity contribution in [1.29, 1.82) is 0 Å². The average molecular weight is 511 g/mol. The molecule has 1 aromatic carbocycles. The number of alkyl halides is 5. The lowest BCUT2D eigenvalue weighted by atomic mass is 10.1. The lowest BCUT2D eigenvalue weighted by Crippen LogP contribution is -2.27. The molecular weight excluding hydrogens is 489 g/mol. The van der Waals surface area contributed by atoms with Crippen molar-refractivity contribution in [2.45, 2.75) is 40.1 Å². The molecule has 2 heterocycles. The van der Waals surface area contributed by atoms with Crippen LogP contribution in [0.25, 0.3) is 11.3 Å². The summed E-state index contributed by atoms with van der Waals surface area (Å²) in [6.07, 6.45) is -6.71. The van der Waals surface area contributed by atoms with Gasteiger partial charge >= 0.3 is 6.36 Å². The van der Waals surface area contributed by atoms with Crippen LogP contribution in [0.1, 0.15) is 47.6 Å². The molecule has 0 saturated carbocycles. The van der Waals surface area contributed by atoms with Gasteiger partial charge in [0.1, 0.15) is 11.4 Å². The fourth-order valence-corrected chi connectivity index (χ4v) is 3.15. The summed E-state index contributed by atoms with van der Waals surface area (Å²) < 4.78 is 67.9. The SMILES string of the molecule is Cc1[nH]c(NC(=O)c2cc(CNC(=O)C(C)C)cnc2C(F)F)nc1-c1ccc(OC(F)(F)F)cc1. The molecule has 13 heteroatoms. The number of halogens is 5. The number of anilines is 1. The quantitative estimate of drug-likeness (QED) is 0.363. The number of rotatable bonds is 8. The van der Waals surface area contributed by atoms with E-state index in [1.54, 1.807) is 20.8 Å². The summed E-state index contributed by atoms with van der Waals surface area (Å²) in [6.45, 7) is 4.99. The minimum Gasteiger partial charge on any atom is -0.406 e. The normalized spacial score (nSPS) is 11.6. The Morgan fingerprint density at radius 2 is 1.81 bits per heavy atom. The van der Waals surface area contributed by atoms with Gasteiger partial charge in [0.15, 0.2) is 0 Å². The minimum atomic E-state index is -4.83. The van der Waals surface area contributed by atoms with E-state index in [9.17, 15) is 31.5 Å². The number of carbonyl (C=O) groups is 2. The fraction of sp³-hybridized carbons (Fsp3) is 0.304. The molecule has 3 rings (SSSR count). The van der Waals surface area contributed by atoms with E-state index in [1.165, 1.54) is 18.2 Å². The summed E-state index contributed by atoms with van der Waals surface area (Å²) in [7, 11) is 0. The van der Waals surface area contributed by atoms with Crippen LogP contribution in [-0.4, -0.2) is 33.1 Å². The molecule has 0 fully saturated rings.